The normalized spacial score (nSPS) is 13.0. The molecule has 752 valence electrons. The number of fused-ring (bicyclic) bond motifs is 3. The first-order chi connectivity index (χ1) is 70.0. The van der Waals surface area contributed by atoms with E-state index in [2.05, 4.69) is 545 Å². The summed E-state index contributed by atoms with van der Waals surface area (Å²) in [7, 11) is 0. The van der Waals surface area contributed by atoms with Gasteiger partial charge in [-0.3, -0.25) is 0 Å². The first kappa shape index (κ1) is 105. The van der Waals surface area contributed by atoms with Crippen LogP contribution >= 0.6 is 0 Å². The van der Waals surface area contributed by atoms with Crippen LogP contribution in [-0.2, 0) is 61.6 Å². The number of unbranched alkanes of at least 4 members (excludes halogenated alkanes) is 6. The lowest BCUT2D eigenvalue weighted by Gasteiger charge is -2.30. The molecule has 0 bridgehead atoms. The third-order valence-electron chi connectivity index (χ3n) is 31.9. The van der Waals surface area contributed by atoms with Gasteiger partial charge in [-0.05, 0) is 436 Å². The summed E-state index contributed by atoms with van der Waals surface area (Å²) in [6.45, 7) is 62.9. The lowest BCUT2D eigenvalue weighted by atomic mass is 9.72. The molecule has 0 aliphatic heterocycles. The maximum absolute atomic E-state index is 2.66. The second-order valence-electron chi connectivity index (χ2n) is 51.7. The summed E-state index contributed by atoms with van der Waals surface area (Å²) in [4.78, 5) is 0. The fourth-order valence-corrected chi connectivity index (χ4v) is 22.1. The molecule has 17 aromatic rings. The summed E-state index contributed by atoms with van der Waals surface area (Å²) in [5.74, 6) is 0. The molecule has 1 aliphatic rings. The average Bonchev–Trinajstić information content (AvgIpc) is 1.55. The lowest BCUT2D eigenvalue weighted by molar-refractivity contribution is 0.590. The zero-order valence-corrected chi connectivity index (χ0v) is 94.1. The molecule has 0 unspecified atom stereocenters. The second kappa shape index (κ2) is 41.3. The van der Waals surface area contributed by atoms with Crippen LogP contribution in [0.4, 0.5) is 0 Å². The zero-order valence-electron chi connectivity index (χ0n) is 94.1. The van der Waals surface area contributed by atoms with Gasteiger partial charge in [0.05, 0.1) is 0 Å². The van der Waals surface area contributed by atoms with Gasteiger partial charge < -0.3 is 0 Å². The molecule has 0 saturated heterocycles. The minimum absolute atomic E-state index is 0.00365. The highest BCUT2D eigenvalue weighted by atomic mass is 14.4. The molecule has 0 atom stereocenters. The van der Waals surface area contributed by atoms with E-state index >= 15 is 0 Å². The summed E-state index contributed by atoms with van der Waals surface area (Å²) in [5, 5.41) is 0. The highest BCUT2D eigenvalue weighted by Gasteiger charge is 2.42. The Kier molecular flexibility index (Phi) is 29.2. The van der Waals surface area contributed by atoms with Crippen LogP contribution in [0.3, 0.4) is 0 Å². The van der Waals surface area contributed by atoms with Crippen molar-refractivity contribution in [2.75, 3.05) is 0 Å². The molecule has 0 radical (unpaired) electrons. The molecule has 0 nitrogen and oxygen atoms in total. The largest absolute Gasteiger partial charge is 0.0654 e. The average molecular weight is 1940 g/mol. The van der Waals surface area contributed by atoms with Gasteiger partial charge in [0.2, 0.25) is 0 Å². The van der Waals surface area contributed by atoms with Crippen LogP contribution in [0.25, 0.3) is 167 Å². The Morgan fingerprint density at radius 2 is 0.297 bits per heavy atom. The van der Waals surface area contributed by atoms with Gasteiger partial charge in [0.15, 0.2) is 0 Å². The van der Waals surface area contributed by atoms with Crippen LogP contribution in [0.1, 0.15) is 311 Å². The van der Waals surface area contributed by atoms with Gasteiger partial charge in [-0.15, -0.1) is 0 Å². The summed E-state index contributed by atoms with van der Waals surface area (Å²) in [5.41, 5.74) is 52.4. The molecule has 0 N–H and O–H groups in total. The van der Waals surface area contributed by atoms with E-state index in [4.69, 9.17) is 0 Å². The standard InChI is InChI=1S/C148H160/c1-28-30-32-34-36-97-74-98(37-35-33-31-29-2)76-135(75-97)148(27)138-95-107(117-89-123(119-81-109(99-38-56-127(57-39-99)140(3,4)5)77-110(82-119)100-40-58-128(59-41-100)141(6,7)8)93-124(90-117)120-83-111(101-42-60-129(61-43-101)142(9,10)11)78-112(84-120)102-44-62-130(63-45-102)143(12,13)14)54-72-136(138)137-73-55-108(96-139(137)148)118-91-125(121-85-113(103-46-64-131(65-47-103)144(15,16)17)79-114(86-121)104-48-66-132(67-49-104)145(18,19)20)94-126(92-118)122-87-115(105-50-68-133(69-51-105)146(21,22)23)80-116(88-122)106-52-70-134(71-53-106)147(24,25)26/h38-96H,28-37H2,1-27H3. The molecule has 18 rings (SSSR count). The van der Waals surface area contributed by atoms with Crippen molar-refractivity contribution in [2.24, 2.45) is 0 Å². The number of aryl methyl sites for hydroxylation is 2. The van der Waals surface area contributed by atoms with Crippen LogP contribution in [0.5, 0.6) is 0 Å². The second-order valence-corrected chi connectivity index (χ2v) is 51.7. The molecule has 148 heavy (non-hydrogen) atoms. The van der Waals surface area contributed by atoms with Gasteiger partial charge in [-0.2, -0.15) is 0 Å². The van der Waals surface area contributed by atoms with E-state index in [0.29, 0.717) is 0 Å². The Hall–Kier alpha value is -13.3. The first-order valence-electron chi connectivity index (χ1n) is 55.3. The zero-order chi connectivity index (χ0) is 105. The topological polar surface area (TPSA) is 0 Å². The van der Waals surface area contributed by atoms with E-state index in [1.54, 1.807) is 0 Å². The predicted molar refractivity (Wildman–Crippen MR) is 645 cm³/mol. The minimum atomic E-state index is -0.638. The van der Waals surface area contributed by atoms with Crippen molar-refractivity contribution >= 4 is 0 Å². The van der Waals surface area contributed by atoms with Crippen molar-refractivity contribution < 1.29 is 0 Å². The highest BCUT2D eigenvalue weighted by molar-refractivity contribution is 5.95. The minimum Gasteiger partial charge on any atom is -0.0654 e. The van der Waals surface area contributed by atoms with Gasteiger partial charge in [-0.25, -0.2) is 0 Å². The van der Waals surface area contributed by atoms with Crippen LogP contribution in [0.2, 0.25) is 0 Å². The highest BCUT2D eigenvalue weighted by Crippen LogP contribution is 2.57. The number of benzene rings is 17. The molecule has 0 aromatic heterocycles. The molecule has 1 aliphatic carbocycles. The van der Waals surface area contributed by atoms with Crippen molar-refractivity contribution in [3.8, 4) is 167 Å². The Morgan fingerprint density at radius 3 is 0.453 bits per heavy atom. The van der Waals surface area contributed by atoms with E-state index < -0.39 is 5.41 Å². The predicted octanol–water partition coefficient (Wildman–Crippen LogP) is 43.0. The van der Waals surface area contributed by atoms with Gasteiger partial charge >= 0.3 is 0 Å². The lowest BCUT2D eigenvalue weighted by Crippen LogP contribution is -2.23. The fourth-order valence-electron chi connectivity index (χ4n) is 22.1. The van der Waals surface area contributed by atoms with Crippen molar-refractivity contribution in [1.29, 1.82) is 0 Å². The Balaban J connectivity index is 0.889. The third kappa shape index (κ3) is 23.3. The van der Waals surface area contributed by atoms with Crippen LogP contribution in [0.15, 0.2) is 358 Å². The molecule has 0 spiro atoms. The Bertz CT molecular complexity index is 6530. The summed E-state index contributed by atoms with van der Waals surface area (Å²) < 4.78 is 0. The molecule has 0 saturated carbocycles. The molecule has 0 heteroatoms. The fraction of sp³-hybridized carbons (Fsp3) is 0.311. The van der Waals surface area contributed by atoms with E-state index in [1.807, 2.05) is 0 Å². The molecule has 0 fully saturated rings. The molecule has 0 amide bonds. The van der Waals surface area contributed by atoms with Gasteiger partial charge in [0.1, 0.15) is 0 Å². The summed E-state index contributed by atoms with van der Waals surface area (Å²) >= 11 is 0. The van der Waals surface area contributed by atoms with E-state index in [1.165, 1.54) is 233 Å². The first-order valence-corrected chi connectivity index (χ1v) is 55.3. The van der Waals surface area contributed by atoms with E-state index in [-0.39, 0.29) is 43.3 Å². The SMILES string of the molecule is CCCCCCc1cc(CCCCCC)cc(C2(C)c3cc(-c4cc(-c5cc(-c6ccc(C(C)(C)C)cc6)cc(-c6ccc(C(C)(C)C)cc6)c5)cc(-c5cc(-c6ccc(C(C)(C)C)cc6)cc(-c6ccc(C(C)(C)C)cc6)c5)c4)ccc3-c3ccc(-c4cc(-c5cc(-c6ccc(C(C)(C)C)cc6)cc(-c6ccc(C(C)(C)C)cc6)c5)cc(-c5cc(-c6ccc(C(C)(C)C)cc6)cc(-c6ccc(C(C)(C)C)cc6)c5)c4)cc32)c1. The van der Waals surface area contributed by atoms with Gasteiger partial charge in [-0.1, -0.05) is 455 Å². The van der Waals surface area contributed by atoms with E-state index in [9.17, 15) is 0 Å². The summed E-state index contributed by atoms with van der Waals surface area (Å²) in [6, 6.07) is 143. The van der Waals surface area contributed by atoms with Crippen molar-refractivity contribution in [2.45, 2.75) is 300 Å². The van der Waals surface area contributed by atoms with Crippen LogP contribution in [-0.4, -0.2) is 0 Å². The van der Waals surface area contributed by atoms with Crippen LogP contribution < -0.4 is 0 Å². The quantitative estimate of drug-likeness (QED) is 0.0500. The molecule has 17 aromatic carbocycles. The molecular weight excluding hydrogens is 1780 g/mol. The maximum atomic E-state index is 2.66. The number of hydrogen-bond donors (Lipinski definition) is 0. The summed E-state index contributed by atoms with van der Waals surface area (Å²) in [6.07, 6.45) is 11.7. The van der Waals surface area contributed by atoms with Crippen molar-refractivity contribution in [1.82, 2.24) is 0 Å². The Labute approximate surface area is 890 Å². The smallest absolute Gasteiger partial charge is 0.0436 e. The Morgan fingerprint density at radius 1 is 0.149 bits per heavy atom. The van der Waals surface area contributed by atoms with Crippen LogP contribution in [0, 0.1) is 0 Å². The monoisotopic (exact) mass is 1940 g/mol. The van der Waals surface area contributed by atoms with Gasteiger partial charge in [0, 0.05) is 5.41 Å². The number of rotatable bonds is 25. The number of hydrogen-bond acceptors (Lipinski definition) is 0. The molecular formula is C148H160. The maximum Gasteiger partial charge on any atom is 0.0436 e. The van der Waals surface area contributed by atoms with E-state index in [0.717, 1.165) is 70.2 Å². The van der Waals surface area contributed by atoms with Crippen molar-refractivity contribution in [3.63, 3.8) is 0 Å². The van der Waals surface area contributed by atoms with Gasteiger partial charge in [0.25, 0.3) is 0 Å². The third-order valence-corrected chi connectivity index (χ3v) is 31.9. The van der Waals surface area contributed by atoms with Crippen molar-refractivity contribution in [3.05, 3.63) is 430 Å². The molecule has 0 heterocycles.